The van der Waals surface area contributed by atoms with Gasteiger partial charge >= 0.3 is 0 Å². The van der Waals surface area contributed by atoms with Crippen molar-refractivity contribution in [2.75, 3.05) is 0 Å². The monoisotopic (exact) mass is 199 g/mol. The highest BCUT2D eigenvalue weighted by atomic mass is 19.1. The third kappa shape index (κ3) is 2.14. The van der Waals surface area contributed by atoms with Crippen LogP contribution in [0.25, 0.3) is 0 Å². The van der Waals surface area contributed by atoms with Crippen molar-refractivity contribution in [3.05, 3.63) is 35.4 Å². The molecule has 0 saturated carbocycles. The van der Waals surface area contributed by atoms with E-state index in [9.17, 15) is 13.6 Å². The number of carbonyl (C=O) groups excluding carboxylic acids is 1. The van der Waals surface area contributed by atoms with Gasteiger partial charge in [0.25, 0.3) is 0 Å². The van der Waals surface area contributed by atoms with Crippen LogP contribution in [0, 0.1) is 11.6 Å². The Balaban J connectivity index is 3.19. The summed E-state index contributed by atoms with van der Waals surface area (Å²) in [6.07, 6.45) is 0. The summed E-state index contributed by atoms with van der Waals surface area (Å²) in [5.74, 6) is -2.02. The number of rotatable bonds is 2. The van der Waals surface area contributed by atoms with Crippen molar-refractivity contribution in [2.24, 2.45) is 5.73 Å². The Labute approximate surface area is 80.7 Å². The number of benzene rings is 1. The first-order chi connectivity index (χ1) is 6.32. The second-order valence-electron chi connectivity index (χ2n) is 3.67. The SMILES string of the molecule is CC(C)(N)C(=O)c1cc(F)ccc1F. The van der Waals surface area contributed by atoms with Crippen molar-refractivity contribution in [3.8, 4) is 0 Å². The van der Waals surface area contributed by atoms with Gasteiger partial charge in [0, 0.05) is 0 Å². The van der Waals surface area contributed by atoms with Gasteiger partial charge in [-0.25, -0.2) is 8.78 Å². The van der Waals surface area contributed by atoms with Gasteiger partial charge in [0.05, 0.1) is 11.1 Å². The number of ketones is 1. The standard InChI is InChI=1S/C10H11F2NO/c1-10(2,13)9(14)7-5-6(11)3-4-8(7)12/h3-5H,13H2,1-2H3. The van der Waals surface area contributed by atoms with Crippen LogP contribution < -0.4 is 5.73 Å². The van der Waals surface area contributed by atoms with Gasteiger partial charge in [0.2, 0.25) is 0 Å². The summed E-state index contributed by atoms with van der Waals surface area (Å²) in [4.78, 5) is 11.5. The van der Waals surface area contributed by atoms with Gasteiger partial charge in [-0.05, 0) is 32.0 Å². The maximum Gasteiger partial charge on any atom is 0.185 e. The second-order valence-corrected chi connectivity index (χ2v) is 3.67. The van der Waals surface area contributed by atoms with Crippen LogP contribution in [0.5, 0.6) is 0 Å². The molecular formula is C10H11F2NO. The molecular weight excluding hydrogens is 188 g/mol. The van der Waals surface area contributed by atoms with Gasteiger partial charge < -0.3 is 5.73 Å². The molecule has 76 valence electrons. The molecule has 0 aromatic heterocycles. The van der Waals surface area contributed by atoms with Crippen LogP contribution >= 0.6 is 0 Å². The van der Waals surface area contributed by atoms with E-state index in [4.69, 9.17) is 5.73 Å². The van der Waals surface area contributed by atoms with Gasteiger partial charge in [-0.15, -0.1) is 0 Å². The summed E-state index contributed by atoms with van der Waals surface area (Å²) in [7, 11) is 0. The first-order valence-corrected chi connectivity index (χ1v) is 4.11. The van der Waals surface area contributed by atoms with Crippen LogP contribution in [0.3, 0.4) is 0 Å². The lowest BCUT2D eigenvalue weighted by molar-refractivity contribution is 0.0909. The lowest BCUT2D eigenvalue weighted by atomic mass is 9.94. The number of nitrogens with two attached hydrogens (primary N) is 1. The van der Waals surface area contributed by atoms with Crippen LogP contribution in [0.2, 0.25) is 0 Å². The quantitative estimate of drug-likeness (QED) is 0.739. The molecule has 0 aliphatic heterocycles. The Morgan fingerprint density at radius 1 is 1.36 bits per heavy atom. The van der Waals surface area contributed by atoms with E-state index in [2.05, 4.69) is 0 Å². The van der Waals surface area contributed by atoms with E-state index in [1.54, 1.807) is 0 Å². The summed E-state index contributed by atoms with van der Waals surface area (Å²) < 4.78 is 25.8. The van der Waals surface area contributed by atoms with E-state index in [1.807, 2.05) is 0 Å². The Kier molecular flexibility index (Phi) is 2.66. The number of Topliss-reactive ketones (excluding diaryl/α,β-unsaturated/α-hetero) is 1. The molecule has 0 spiro atoms. The predicted molar refractivity (Wildman–Crippen MR) is 49.0 cm³/mol. The molecule has 0 heterocycles. The van der Waals surface area contributed by atoms with Crippen LogP contribution in [0.1, 0.15) is 24.2 Å². The zero-order chi connectivity index (χ0) is 10.9. The van der Waals surface area contributed by atoms with Crippen LogP contribution in [0.15, 0.2) is 18.2 Å². The lowest BCUT2D eigenvalue weighted by Crippen LogP contribution is -2.41. The fourth-order valence-electron chi connectivity index (χ4n) is 1.02. The van der Waals surface area contributed by atoms with Gasteiger partial charge in [-0.3, -0.25) is 4.79 Å². The number of halogens is 2. The van der Waals surface area contributed by atoms with Crippen LogP contribution in [0.4, 0.5) is 8.78 Å². The molecule has 14 heavy (non-hydrogen) atoms. The second kappa shape index (κ2) is 3.46. The number of hydrogen-bond donors (Lipinski definition) is 1. The van der Waals surface area contributed by atoms with Crippen molar-refractivity contribution in [2.45, 2.75) is 19.4 Å². The average molecular weight is 199 g/mol. The van der Waals surface area contributed by atoms with Gasteiger partial charge in [-0.2, -0.15) is 0 Å². The van der Waals surface area contributed by atoms with E-state index in [-0.39, 0.29) is 5.56 Å². The summed E-state index contributed by atoms with van der Waals surface area (Å²) in [6.45, 7) is 2.89. The first kappa shape index (κ1) is 10.8. The smallest absolute Gasteiger partial charge is 0.185 e. The lowest BCUT2D eigenvalue weighted by Gasteiger charge is -2.16. The topological polar surface area (TPSA) is 43.1 Å². The average Bonchev–Trinajstić information content (AvgIpc) is 2.06. The molecule has 0 bridgehead atoms. The molecule has 4 heteroatoms. The molecule has 2 nitrogen and oxygen atoms in total. The largest absolute Gasteiger partial charge is 0.319 e. The number of hydrogen-bond acceptors (Lipinski definition) is 2. The van der Waals surface area contributed by atoms with E-state index < -0.39 is 23.0 Å². The van der Waals surface area contributed by atoms with Gasteiger partial charge in [-0.1, -0.05) is 0 Å². The maximum absolute atomic E-state index is 13.1. The zero-order valence-corrected chi connectivity index (χ0v) is 7.97. The molecule has 2 N–H and O–H groups in total. The van der Waals surface area contributed by atoms with E-state index in [0.717, 1.165) is 18.2 Å². The van der Waals surface area contributed by atoms with Crippen LogP contribution in [-0.2, 0) is 0 Å². The molecule has 0 radical (unpaired) electrons. The molecule has 0 fully saturated rings. The molecule has 0 atom stereocenters. The summed E-state index contributed by atoms with van der Waals surface area (Å²) in [5, 5.41) is 0. The van der Waals surface area contributed by atoms with Gasteiger partial charge in [0.1, 0.15) is 11.6 Å². The van der Waals surface area contributed by atoms with Crippen LogP contribution in [-0.4, -0.2) is 11.3 Å². The fourth-order valence-corrected chi connectivity index (χ4v) is 1.02. The van der Waals surface area contributed by atoms with Gasteiger partial charge in [0.15, 0.2) is 5.78 Å². The molecule has 0 aliphatic rings. The van der Waals surface area contributed by atoms with Crippen molar-refractivity contribution in [3.63, 3.8) is 0 Å². The van der Waals surface area contributed by atoms with Crippen molar-refractivity contribution in [1.29, 1.82) is 0 Å². The molecule has 0 amide bonds. The number of carbonyl (C=O) groups is 1. The van der Waals surface area contributed by atoms with E-state index in [0.29, 0.717) is 0 Å². The molecule has 1 aromatic carbocycles. The Morgan fingerprint density at radius 3 is 2.43 bits per heavy atom. The molecule has 0 aliphatic carbocycles. The first-order valence-electron chi connectivity index (χ1n) is 4.11. The minimum absolute atomic E-state index is 0.308. The highest BCUT2D eigenvalue weighted by Gasteiger charge is 2.26. The van der Waals surface area contributed by atoms with Crippen molar-refractivity contribution in [1.82, 2.24) is 0 Å². The van der Waals surface area contributed by atoms with E-state index >= 15 is 0 Å². The Hall–Kier alpha value is -1.29. The highest BCUT2D eigenvalue weighted by Crippen LogP contribution is 2.15. The summed E-state index contributed by atoms with van der Waals surface area (Å²) in [6, 6.07) is 2.72. The van der Waals surface area contributed by atoms with E-state index in [1.165, 1.54) is 13.8 Å². The minimum atomic E-state index is -1.20. The third-order valence-corrected chi connectivity index (χ3v) is 1.76. The molecule has 0 unspecified atom stereocenters. The Bertz CT molecular complexity index is 369. The maximum atomic E-state index is 13.1. The fraction of sp³-hybridized carbons (Fsp3) is 0.300. The Morgan fingerprint density at radius 2 is 1.93 bits per heavy atom. The highest BCUT2D eigenvalue weighted by molar-refractivity contribution is 6.02. The van der Waals surface area contributed by atoms with Crippen molar-refractivity contribution >= 4 is 5.78 Å². The predicted octanol–water partition coefficient (Wildman–Crippen LogP) is 1.88. The molecule has 1 rings (SSSR count). The summed E-state index contributed by atoms with van der Waals surface area (Å²) >= 11 is 0. The zero-order valence-electron chi connectivity index (χ0n) is 7.97. The van der Waals surface area contributed by atoms with Crippen molar-refractivity contribution < 1.29 is 13.6 Å². The third-order valence-electron chi connectivity index (χ3n) is 1.76. The normalized spacial score (nSPS) is 11.5. The molecule has 0 saturated heterocycles. The molecule has 1 aromatic rings. The summed E-state index contributed by atoms with van der Waals surface area (Å²) in [5.41, 5.74) is 3.98. The minimum Gasteiger partial charge on any atom is -0.319 e.